The number of esters is 1. The smallest absolute Gasteiger partial charge is 0.433 e. The van der Waals surface area contributed by atoms with Crippen molar-refractivity contribution in [2.45, 2.75) is 39.3 Å². The molecule has 0 aromatic heterocycles. The molecule has 4 nitrogen and oxygen atoms in total. The summed E-state index contributed by atoms with van der Waals surface area (Å²) in [5.74, 6) is -1.57. The number of halogens is 5. The number of hydrogen-bond acceptors (Lipinski definition) is 4. The average molecular weight is 316 g/mol. The summed E-state index contributed by atoms with van der Waals surface area (Å²) in [4.78, 5) is 14.7. The van der Waals surface area contributed by atoms with Crippen molar-refractivity contribution in [3.05, 3.63) is 11.3 Å². The Balaban J connectivity index is 5.87. The average Bonchev–Trinajstić information content (AvgIpc) is 2.36. The predicted molar refractivity (Wildman–Crippen MR) is 67.1 cm³/mol. The molecule has 0 bridgehead atoms. The fourth-order valence-electron chi connectivity index (χ4n) is 1.32. The second-order valence-corrected chi connectivity index (χ2v) is 3.93. The van der Waals surface area contributed by atoms with Crippen LogP contribution in [-0.2, 0) is 9.53 Å². The minimum Gasteiger partial charge on any atom is -0.462 e. The molecule has 2 N–H and O–H groups in total. The minimum absolute atomic E-state index is 0.259. The number of allylic oxidation sites excluding steroid dienone is 1. The molecule has 0 spiro atoms. The van der Waals surface area contributed by atoms with Gasteiger partial charge in [0.2, 0.25) is 0 Å². The molecule has 0 atom stereocenters. The number of hydrogen-bond donors (Lipinski definition) is 1. The Bertz CT molecular complexity index is 416. The van der Waals surface area contributed by atoms with E-state index in [4.69, 9.17) is 5.73 Å². The van der Waals surface area contributed by atoms with Gasteiger partial charge in [0.1, 0.15) is 5.57 Å². The van der Waals surface area contributed by atoms with Gasteiger partial charge in [-0.3, -0.25) is 4.99 Å². The van der Waals surface area contributed by atoms with Gasteiger partial charge in [-0.25, -0.2) is 13.6 Å². The third-order valence-corrected chi connectivity index (χ3v) is 2.29. The fourth-order valence-corrected chi connectivity index (χ4v) is 1.32. The molecular weight excluding hydrogens is 299 g/mol. The Hall–Kier alpha value is -1.67. The van der Waals surface area contributed by atoms with Gasteiger partial charge in [0.05, 0.1) is 12.3 Å². The summed E-state index contributed by atoms with van der Waals surface area (Å²) in [6.07, 6.45) is -7.65. The van der Waals surface area contributed by atoms with E-state index in [0.717, 1.165) is 0 Å². The lowest BCUT2D eigenvalue weighted by Crippen LogP contribution is -2.34. The van der Waals surface area contributed by atoms with Crippen LogP contribution in [0.1, 0.15) is 26.7 Å². The van der Waals surface area contributed by atoms with Crippen LogP contribution in [0.3, 0.4) is 0 Å². The van der Waals surface area contributed by atoms with Crippen LogP contribution in [0.5, 0.6) is 0 Å². The van der Waals surface area contributed by atoms with Gasteiger partial charge in [-0.15, -0.1) is 0 Å². The molecule has 0 aliphatic carbocycles. The number of nitrogens with zero attached hydrogens (tertiary/aromatic N) is 1. The van der Waals surface area contributed by atoms with Crippen molar-refractivity contribution in [1.82, 2.24) is 0 Å². The Morgan fingerprint density at radius 3 is 2.24 bits per heavy atom. The van der Waals surface area contributed by atoms with E-state index in [1.165, 1.54) is 6.92 Å². The standard InChI is InChI=1S/C12H17F5N2O2/c1-3-5-6-19-9(12(15,16)17)7(8(18)10(13)14)11(20)21-4-2/h10H,3-6,18H2,1-2H3. The fraction of sp³-hybridized carbons (Fsp3) is 0.667. The van der Waals surface area contributed by atoms with Crippen molar-refractivity contribution >= 4 is 11.7 Å². The molecule has 122 valence electrons. The van der Waals surface area contributed by atoms with Crippen molar-refractivity contribution < 1.29 is 31.5 Å². The van der Waals surface area contributed by atoms with Gasteiger partial charge in [-0.05, 0) is 13.3 Å². The lowest BCUT2D eigenvalue weighted by molar-refractivity contribution is -0.138. The first kappa shape index (κ1) is 19.3. The molecule has 0 aliphatic heterocycles. The van der Waals surface area contributed by atoms with Crippen LogP contribution in [0.2, 0.25) is 0 Å². The van der Waals surface area contributed by atoms with E-state index in [1.54, 1.807) is 6.92 Å². The zero-order valence-electron chi connectivity index (χ0n) is 11.6. The lowest BCUT2D eigenvalue weighted by atomic mass is 10.1. The van der Waals surface area contributed by atoms with E-state index in [9.17, 15) is 26.7 Å². The Kier molecular flexibility index (Phi) is 7.90. The second kappa shape index (κ2) is 8.58. The van der Waals surface area contributed by atoms with Gasteiger partial charge >= 0.3 is 12.1 Å². The van der Waals surface area contributed by atoms with Crippen molar-refractivity contribution in [1.29, 1.82) is 0 Å². The van der Waals surface area contributed by atoms with E-state index < -0.39 is 35.6 Å². The predicted octanol–water partition coefficient (Wildman–Crippen LogP) is 2.83. The second-order valence-electron chi connectivity index (χ2n) is 3.93. The number of nitrogens with two attached hydrogens (primary N) is 1. The molecule has 21 heavy (non-hydrogen) atoms. The zero-order valence-corrected chi connectivity index (χ0v) is 11.6. The first-order valence-corrected chi connectivity index (χ1v) is 6.23. The summed E-state index contributed by atoms with van der Waals surface area (Å²) >= 11 is 0. The normalized spacial score (nSPS) is 14.2. The molecule has 0 radical (unpaired) electrons. The third-order valence-electron chi connectivity index (χ3n) is 2.29. The van der Waals surface area contributed by atoms with Crippen molar-refractivity contribution in [3.63, 3.8) is 0 Å². The Morgan fingerprint density at radius 2 is 1.86 bits per heavy atom. The molecule has 0 aromatic carbocycles. The van der Waals surface area contributed by atoms with Crippen LogP contribution in [0.15, 0.2) is 16.3 Å². The topological polar surface area (TPSA) is 64.7 Å². The quantitative estimate of drug-likeness (QED) is 0.258. The van der Waals surface area contributed by atoms with Gasteiger partial charge in [-0.2, -0.15) is 13.2 Å². The van der Waals surface area contributed by atoms with E-state index in [1.807, 2.05) is 0 Å². The Morgan fingerprint density at radius 1 is 1.29 bits per heavy atom. The van der Waals surface area contributed by atoms with E-state index in [0.29, 0.717) is 12.8 Å². The first-order valence-electron chi connectivity index (χ1n) is 6.23. The maximum atomic E-state index is 12.9. The Labute approximate surface area is 118 Å². The lowest BCUT2D eigenvalue weighted by Gasteiger charge is -2.16. The number of alkyl halides is 5. The highest BCUT2D eigenvalue weighted by Gasteiger charge is 2.43. The van der Waals surface area contributed by atoms with E-state index in [2.05, 4.69) is 9.73 Å². The third kappa shape index (κ3) is 6.09. The highest BCUT2D eigenvalue weighted by atomic mass is 19.4. The summed E-state index contributed by atoms with van der Waals surface area (Å²) in [5, 5.41) is 0. The molecular formula is C12H17F5N2O2. The molecule has 0 aromatic rings. The molecule has 0 rings (SSSR count). The monoisotopic (exact) mass is 316 g/mol. The SMILES string of the molecule is CCCCN=C(C(C(=O)OCC)=C(N)C(F)F)C(F)(F)F. The molecule has 0 unspecified atom stereocenters. The maximum absolute atomic E-state index is 12.9. The van der Waals surface area contributed by atoms with Crippen molar-refractivity contribution in [2.75, 3.05) is 13.2 Å². The summed E-state index contributed by atoms with van der Waals surface area (Å²) in [6.45, 7) is 2.51. The molecule has 9 heteroatoms. The largest absolute Gasteiger partial charge is 0.462 e. The minimum atomic E-state index is -5.09. The number of carbonyl (C=O) groups excluding carboxylic acids is 1. The van der Waals surface area contributed by atoms with Gasteiger partial charge in [0, 0.05) is 6.54 Å². The van der Waals surface area contributed by atoms with Crippen LogP contribution >= 0.6 is 0 Å². The van der Waals surface area contributed by atoms with Crippen LogP contribution in [-0.4, -0.2) is 37.4 Å². The number of ether oxygens (including phenoxy) is 1. The van der Waals surface area contributed by atoms with E-state index in [-0.39, 0.29) is 13.2 Å². The number of carbonyl (C=O) groups is 1. The van der Waals surface area contributed by atoms with Crippen molar-refractivity contribution in [2.24, 2.45) is 10.7 Å². The van der Waals surface area contributed by atoms with E-state index >= 15 is 0 Å². The van der Waals surface area contributed by atoms with Crippen molar-refractivity contribution in [3.8, 4) is 0 Å². The van der Waals surface area contributed by atoms with Crippen LogP contribution < -0.4 is 5.73 Å². The number of unbranched alkanes of at least 4 members (excludes halogenated alkanes) is 1. The molecule has 0 saturated carbocycles. The first-order chi connectivity index (χ1) is 9.66. The molecule has 0 heterocycles. The maximum Gasteiger partial charge on any atom is 0.433 e. The number of rotatable bonds is 7. The molecule has 0 saturated heterocycles. The number of aliphatic imine (C=N–C) groups is 1. The van der Waals surface area contributed by atoms with Gasteiger partial charge < -0.3 is 10.5 Å². The van der Waals surface area contributed by atoms with Crippen LogP contribution in [0, 0.1) is 0 Å². The summed E-state index contributed by atoms with van der Waals surface area (Å²) in [7, 11) is 0. The molecule has 0 amide bonds. The highest BCUT2D eigenvalue weighted by molar-refractivity contribution is 6.22. The highest BCUT2D eigenvalue weighted by Crippen LogP contribution is 2.26. The van der Waals surface area contributed by atoms with Crippen LogP contribution in [0.4, 0.5) is 22.0 Å². The molecule has 0 aliphatic rings. The van der Waals surface area contributed by atoms with Gasteiger partial charge in [-0.1, -0.05) is 13.3 Å². The molecule has 0 fully saturated rings. The van der Waals surface area contributed by atoms with Gasteiger partial charge in [0.25, 0.3) is 6.43 Å². The van der Waals surface area contributed by atoms with Crippen LogP contribution in [0.25, 0.3) is 0 Å². The summed E-state index contributed by atoms with van der Waals surface area (Å²) in [6, 6.07) is 0. The van der Waals surface area contributed by atoms with Gasteiger partial charge in [0.15, 0.2) is 5.71 Å². The summed E-state index contributed by atoms with van der Waals surface area (Å²) in [5.41, 5.74) is 0.292. The summed E-state index contributed by atoms with van der Waals surface area (Å²) < 4.78 is 68.4. The zero-order chi connectivity index (χ0) is 16.6.